The van der Waals surface area contributed by atoms with E-state index < -0.39 is 23.8 Å². The van der Waals surface area contributed by atoms with Crippen LogP contribution in [0.25, 0.3) is 0 Å². The van der Waals surface area contributed by atoms with Crippen LogP contribution in [0.2, 0.25) is 0 Å². The third kappa shape index (κ3) is 7.39. The second kappa shape index (κ2) is 13.1. The lowest BCUT2D eigenvalue weighted by molar-refractivity contribution is 0.0941. The number of nitrogens with one attached hydrogen (secondary N) is 5. The predicted octanol–water partition coefficient (Wildman–Crippen LogP) is 1.68. The maximum atomic E-state index is 13.1. The first-order valence-electron chi connectivity index (χ1n) is 14.4. The van der Waals surface area contributed by atoms with Gasteiger partial charge in [0.15, 0.2) is 5.78 Å². The van der Waals surface area contributed by atoms with E-state index in [-0.39, 0.29) is 53.1 Å². The van der Waals surface area contributed by atoms with Gasteiger partial charge in [0.25, 0.3) is 23.6 Å². The molecule has 16 nitrogen and oxygen atoms in total. The molecule has 47 heavy (non-hydrogen) atoms. The van der Waals surface area contributed by atoms with E-state index in [9.17, 15) is 24.0 Å². The number of Topliss-reactive ketones (excluding diaryl/α,β-unsaturated/α-hetero) is 1. The van der Waals surface area contributed by atoms with Gasteiger partial charge >= 0.3 is 0 Å². The van der Waals surface area contributed by atoms with Gasteiger partial charge in [-0.05, 0) is 30.3 Å². The van der Waals surface area contributed by atoms with Crippen molar-refractivity contribution in [3.05, 3.63) is 83.2 Å². The number of anilines is 4. The Bertz CT molecular complexity index is 1930. The van der Waals surface area contributed by atoms with Crippen LogP contribution in [-0.4, -0.2) is 68.2 Å². The smallest absolute Gasteiger partial charge is 0.272 e. The molecule has 1 aromatic carbocycles. The molecule has 0 spiro atoms. The lowest BCUT2D eigenvalue weighted by Gasteiger charge is -2.07. The Labute approximate surface area is 268 Å². The molecule has 1 atom stereocenters. The van der Waals surface area contributed by atoms with Crippen LogP contribution in [0.3, 0.4) is 0 Å². The van der Waals surface area contributed by atoms with Gasteiger partial charge in [-0.25, -0.2) is 0 Å². The molecule has 1 unspecified atom stereocenters. The van der Waals surface area contributed by atoms with Crippen LogP contribution in [0.5, 0.6) is 0 Å². The first kappa shape index (κ1) is 32.2. The molecule has 0 aliphatic carbocycles. The Kier molecular flexibility index (Phi) is 8.96. The number of amidine groups is 1. The number of hydrogen-bond acceptors (Lipinski definition) is 8. The van der Waals surface area contributed by atoms with Gasteiger partial charge in [0.1, 0.15) is 23.2 Å². The Morgan fingerprint density at radius 2 is 1.26 bits per heavy atom. The third-order valence-electron chi connectivity index (χ3n) is 7.37. The number of hydrogen-bond donors (Lipinski definition) is 7. The summed E-state index contributed by atoms with van der Waals surface area (Å²) in [6, 6.07) is 8.94. The highest BCUT2D eigenvalue weighted by Gasteiger charge is 2.32. The highest BCUT2D eigenvalue weighted by molar-refractivity contribution is 6.11. The SMILES string of the molecule is Cn1cc(NC(=O)c2cc(NC(=O)c3cc(NC(=O)c4ccc(C(=O)C5CO5)cc4N)cn3C)cn2C)cc1C(=O)NCCC(=N)N. The molecular weight excluding hydrogens is 608 g/mol. The summed E-state index contributed by atoms with van der Waals surface area (Å²) in [5.74, 6) is -2.08. The summed E-state index contributed by atoms with van der Waals surface area (Å²) < 4.78 is 9.65. The van der Waals surface area contributed by atoms with E-state index in [2.05, 4.69) is 21.3 Å². The van der Waals surface area contributed by atoms with Crippen LogP contribution in [0.4, 0.5) is 22.7 Å². The van der Waals surface area contributed by atoms with Gasteiger partial charge in [-0.15, -0.1) is 0 Å². The summed E-state index contributed by atoms with van der Waals surface area (Å²) in [6.07, 6.45) is 4.49. The number of benzene rings is 1. The second-order valence-electron chi connectivity index (χ2n) is 11.1. The molecule has 1 aliphatic heterocycles. The molecule has 244 valence electrons. The number of rotatable bonds is 12. The largest absolute Gasteiger partial charge is 0.398 e. The van der Waals surface area contributed by atoms with E-state index >= 15 is 0 Å². The van der Waals surface area contributed by atoms with E-state index in [1.54, 1.807) is 48.9 Å². The van der Waals surface area contributed by atoms with Crippen LogP contribution in [0.15, 0.2) is 55.0 Å². The number of nitrogens with zero attached hydrogens (tertiary/aromatic N) is 3. The van der Waals surface area contributed by atoms with Gasteiger partial charge < -0.3 is 51.2 Å². The van der Waals surface area contributed by atoms with Crippen molar-refractivity contribution >= 4 is 58.0 Å². The van der Waals surface area contributed by atoms with Crippen LogP contribution >= 0.6 is 0 Å². The fourth-order valence-corrected chi connectivity index (χ4v) is 4.87. The van der Waals surface area contributed by atoms with Gasteiger partial charge in [-0.1, -0.05) is 6.07 Å². The molecule has 1 aliphatic rings. The predicted molar refractivity (Wildman–Crippen MR) is 174 cm³/mol. The fourth-order valence-electron chi connectivity index (χ4n) is 4.87. The maximum absolute atomic E-state index is 13.1. The quantitative estimate of drug-likeness (QED) is 0.0394. The normalized spacial score (nSPS) is 13.5. The van der Waals surface area contributed by atoms with Crippen LogP contribution in [-0.2, 0) is 25.9 Å². The minimum Gasteiger partial charge on any atom is -0.398 e. The molecule has 9 N–H and O–H groups in total. The summed E-state index contributed by atoms with van der Waals surface area (Å²) in [4.78, 5) is 63.8. The van der Waals surface area contributed by atoms with Crippen LogP contribution in [0, 0.1) is 5.41 Å². The van der Waals surface area contributed by atoms with Gasteiger partial charge in [0.05, 0.1) is 35.1 Å². The molecule has 4 heterocycles. The number of ether oxygens (including phenoxy) is 1. The molecule has 1 fully saturated rings. The fraction of sp³-hybridized carbons (Fsp3) is 0.226. The number of nitrogens with two attached hydrogens (primary N) is 2. The Balaban J connectivity index is 1.20. The summed E-state index contributed by atoms with van der Waals surface area (Å²) in [7, 11) is 4.95. The Morgan fingerprint density at radius 3 is 1.70 bits per heavy atom. The summed E-state index contributed by atoms with van der Waals surface area (Å²) in [6.45, 7) is 0.581. The molecule has 0 bridgehead atoms. The molecular formula is C31H34N10O6. The van der Waals surface area contributed by atoms with Crippen molar-refractivity contribution in [2.24, 2.45) is 26.9 Å². The number of carbonyl (C=O) groups excluding carboxylic acids is 5. The van der Waals surface area contributed by atoms with Gasteiger partial charge in [-0.3, -0.25) is 29.4 Å². The van der Waals surface area contributed by atoms with Crippen molar-refractivity contribution in [3.63, 3.8) is 0 Å². The van der Waals surface area contributed by atoms with Gasteiger partial charge in [0.2, 0.25) is 0 Å². The van der Waals surface area contributed by atoms with E-state index in [4.69, 9.17) is 21.6 Å². The van der Waals surface area contributed by atoms with E-state index in [0.717, 1.165) is 0 Å². The van der Waals surface area contributed by atoms with Crippen molar-refractivity contribution in [2.45, 2.75) is 12.5 Å². The average Bonchev–Trinajstić information content (AvgIpc) is 3.56. The lowest BCUT2D eigenvalue weighted by atomic mass is 10.0. The summed E-state index contributed by atoms with van der Waals surface area (Å²) in [5, 5.41) is 18.1. The van der Waals surface area contributed by atoms with Crippen LogP contribution < -0.4 is 32.7 Å². The van der Waals surface area contributed by atoms with Gasteiger partial charge in [-0.2, -0.15) is 0 Å². The number of nitrogen functional groups attached to an aromatic ring is 1. The first-order chi connectivity index (χ1) is 22.3. The van der Waals surface area contributed by atoms with Crippen molar-refractivity contribution in [2.75, 3.05) is 34.8 Å². The van der Waals surface area contributed by atoms with Crippen molar-refractivity contribution < 1.29 is 28.7 Å². The first-order valence-corrected chi connectivity index (χ1v) is 14.4. The maximum Gasteiger partial charge on any atom is 0.272 e. The molecule has 4 aromatic rings. The van der Waals surface area contributed by atoms with Crippen molar-refractivity contribution in [1.29, 1.82) is 5.41 Å². The zero-order chi connectivity index (χ0) is 34.0. The standard InChI is InChI=1S/C31H34N10O6/c1-39-13-18(9-22(39)29(44)35-7-6-26(33)34)37-31(46)24-11-19(14-41(24)3)38-30(45)23-10-17(12-40(23)2)36-28(43)20-5-4-16(8-21(20)32)27(42)25-15-47-25/h4-5,8-14,25H,6-7,15,32H2,1-3H3,(H3,33,34)(H,35,44)(H,36,43)(H,37,46)(H,38,45). The Hall–Kier alpha value is -6.16. The highest BCUT2D eigenvalue weighted by Crippen LogP contribution is 2.23. The number of carbonyl (C=O) groups is 5. The van der Waals surface area contributed by atoms with Crippen molar-refractivity contribution in [1.82, 2.24) is 19.0 Å². The minimum absolute atomic E-state index is 0.0369. The highest BCUT2D eigenvalue weighted by atomic mass is 16.6. The number of aromatic nitrogens is 3. The molecule has 5 rings (SSSR count). The van der Waals surface area contributed by atoms with Crippen LogP contribution in [0.1, 0.15) is 58.6 Å². The monoisotopic (exact) mass is 642 g/mol. The molecule has 1 saturated heterocycles. The topological polar surface area (TPSA) is 237 Å². The average molecular weight is 643 g/mol. The van der Waals surface area contributed by atoms with E-state index in [1.807, 2.05) is 0 Å². The lowest BCUT2D eigenvalue weighted by Crippen LogP contribution is -2.28. The zero-order valence-corrected chi connectivity index (χ0v) is 25.8. The summed E-state index contributed by atoms with van der Waals surface area (Å²) >= 11 is 0. The molecule has 4 amide bonds. The molecule has 0 radical (unpaired) electrons. The van der Waals surface area contributed by atoms with E-state index in [1.165, 1.54) is 41.0 Å². The number of ketones is 1. The van der Waals surface area contributed by atoms with Crippen molar-refractivity contribution in [3.8, 4) is 0 Å². The molecule has 0 saturated carbocycles. The minimum atomic E-state index is -0.514. The molecule has 3 aromatic heterocycles. The van der Waals surface area contributed by atoms with E-state index in [0.29, 0.717) is 34.9 Å². The second-order valence-corrected chi connectivity index (χ2v) is 11.1. The summed E-state index contributed by atoms with van der Waals surface area (Å²) in [5.41, 5.74) is 13.9. The number of amides is 4. The van der Waals surface area contributed by atoms with Gasteiger partial charge in [0, 0.05) is 63.9 Å². The third-order valence-corrected chi connectivity index (χ3v) is 7.37. The number of epoxide rings is 1. The zero-order valence-electron chi connectivity index (χ0n) is 25.8. The molecule has 16 heteroatoms. The number of aryl methyl sites for hydroxylation is 3. The Morgan fingerprint density at radius 1 is 0.787 bits per heavy atom.